The van der Waals surface area contributed by atoms with E-state index in [1.807, 2.05) is 11.4 Å². The Morgan fingerprint density at radius 3 is 2.83 bits per heavy atom. The molecule has 1 aliphatic rings. The summed E-state index contributed by atoms with van der Waals surface area (Å²) in [6.45, 7) is 2.62. The molecule has 0 spiro atoms. The van der Waals surface area contributed by atoms with Crippen LogP contribution in [-0.4, -0.2) is 25.7 Å². The highest BCUT2D eigenvalue weighted by Crippen LogP contribution is 2.30. The Morgan fingerprint density at radius 1 is 1.56 bits per heavy atom. The first-order valence-electron chi connectivity index (χ1n) is 5.94. The number of amides is 1. The van der Waals surface area contributed by atoms with E-state index in [1.165, 1.54) is 4.88 Å². The molecule has 1 saturated heterocycles. The lowest BCUT2D eigenvalue weighted by Crippen LogP contribution is -2.48. The lowest BCUT2D eigenvalue weighted by Gasteiger charge is -2.34. The zero-order valence-electron chi connectivity index (χ0n) is 10.1. The SMILES string of the molecule is NC(=O)C1(CNCc2sccc2Br)CCOCC1. The van der Waals surface area contributed by atoms with E-state index < -0.39 is 5.41 Å². The summed E-state index contributed by atoms with van der Waals surface area (Å²) in [5.74, 6) is -0.219. The van der Waals surface area contributed by atoms with Crippen LogP contribution < -0.4 is 11.1 Å². The first-order chi connectivity index (χ1) is 8.64. The molecule has 18 heavy (non-hydrogen) atoms. The van der Waals surface area contributed by atoms with Crippen LogP contribution in [0.4, 0.5) is 0 Å². The van der Waals surface area contributed by atoms with Crippen LogP contribution >= 0.6 is 27.3 Å². The van der Waals surface area contributed by atoms with Crippen molar-refractivity contribution in [2.75, 3.05) is 19.8 Å². The van der Waals surface area contributed by atoms with Crippen molar-refractivity contribution in [3.63, 3.8) is 0 Å². The van der Waals surface area contributed by atoms with E-state index in [4.69, 9.17) is 10.5 Å². The number of carbonyl (C=O) groups is 1. The maximum Gasteiger partial charge on any atom is 0.225 e. The van der Waals surface area contributed by atoms with Crippen molar-refractivity contribution >= 4 is 33.2 Å². The minimum Gasteiger partial charge on any atom is -0.381 e. The van der Waals surface area contributed by atoms with Gasteiger partial charge in [0.1, 0.15) is 0 Å². The number of thiophene rings is 1. The van der Waals surface area contributed by atoms with Crippen LogP contribution in [0.5, 0.6) is 0 Å². The summed E-state index contributed by atoms with van der Waals surface area (Å²) in [5.41, 5.74) is 5.11. The zero-order chi connectivity index (χ0) is 13.0. The van der Waals surface area contributed by atoms with Crippen molar-refractivity contribution in [1.82, 2.24) is 5.32 Å². The fraction of sp³-hybridized carbons (Fsp3) is 0.583. The number of rotatable bonds is 5. The fourth-order valence-electron chi connectivity index (χ4n) is 2.14. The predicted molar refractivity (Wildman–Crippen MR) is 75.4 cm³/mol. The summed E-state index contributed by atoms with van der Waals surface area (Å²) in [7, 11) is 0. The van der Waals surface area contributed by atoms with Gasteiger partial charge >= 0.3 is 0 Å². The quantitative estimate of drug-likeness (QED) is 0.865. The topological polar surface area (TPSA) is 64.4 Å². The number of nitrogens with two attached hydrogens (primary N) is 1. The van der Waals surface area contributed by atoms with Crippen LogP contribution in [0.25, 0.3) is 0 Å². The molecule has 0 aliphatic carbocycles. The molecule has 6 heteroatoms. The van der Waals surface area contributed by atoms with Gasteiger partial charge in [-0.2, -0.15) is 0 Å². The highest BCUT2D eigenvalue weighted by molar-refractivity contribution is 9.10. The largest absolute Gasteiger partial charge is 0.381 e. The molecule has 4 nitrogen and oxygen atoms in total. The summed E-state index contributed by atoms with van der Waals surface area (Å²) in [6, 6.07) is 2.03. The Labute approximate surface area is 119 Å². The molecule has 0 unspecified atom stereocenters. The van der Waals surface area contributed by atoms with Gasteiger partial charge in [-0.15, -0.1) is 11.3 Å². The molecular weight excluding hydrogens is 316 g/mol. The summed E-state index contributed by atoms with van der Waals surface area (Å²) in [6.07, 6.45) is 1.42. The summed E-state index contributed by atoms with van der Waals surface area (Å²) in [4.78, 5) is 12.9. The van der Waals surface area contributed by atoms with Crippen molar-refractivity contribution in [3.05, 3.63) is 20.8 Å². The molecule has 0 atom stereocenters. The maximum absolute atomic E-state index is 11.7. The average Bonchev–Trinajstić information content (AvgIpc) is 2.76. The lowest BCUT2D eigenvalue weighted by atomic mass is 9.79. The van der Waals surface area contributed by atoms with Gasteiger partial charge in [0.2, 0.25) is 5.91 Å². The van der Waals surface area contributed by atoms with Crippen LogP contribution in [0.1, 0.15) is 17.7 Å². The van der Waals surface area contributed by atoms with E-state index in [9.17, 15) is 4.79 Å². The number of hydrogen-bond donors (Lipinski definition) is 2. The minimum atomic E-state index is -0.442. The van der Waals surface area contributed by atoms with Gasteiger partial charge in [-0.25, -0.2) is 0 Å². The summed E-state index contributed by atoms with van der Waals surface area (Å²) < 4.78 is 6.42. The molecule has 0 bridgehead atoms. The second kappa shape index (κ2) is 6.14. The highest BCUT2D eigenvalue weighted by atomic mass is 79.9. The van der Waals surface area contributed by atoms with Gasteiger partial charge in [-0.05, 0) is 40.2 Å². The van der Waals surface area contributed by atoms with Crippen molar-refractivity contribution < 1.29 is 9.53 Å². The molecule has 0 aromatic carbocycles. The van der Waals surface area contributed by atoms with Crippen molar-refractivity contribution in [1.29, 1.82) is 0 Å². The van der Waals surface area contributed by atoms with Gasteiger partial charge in [0.05, 0.1) is 5.41 Å². The van der Waals surface area contributed by atoms with Crippen molar-refractivity contribution in [3.8, 4) is 0 Å². The number of halogens is 1. The zero-order valence-corrected chi connectivity index (χ0v) is 12.5. The van der Waals surface area contributed by atoms with Gasteiger partial charge in [-0.1, -0.05) is 0 Å². The number of nitrogens with one attached hydrogen (secondary N) is 1. The lowest BCUT2D eigenvalue weighted by molar-refractivity contribution is -0.132. The number of primary amides is 1. The number of ether oxygens (including phenoxy) is 1. The standard InChI is InChI=1S/C12H17BrN2O2S/c13-9-1-6-18-10(9)7-15-8-12(11(14)16)2-4-17-5-3-12/h1,6,15H,2-5,7-8H2,(H2,14,16). The summed E-state index contributed by atoms with van der Waals surface area (Å²) in [5, 5.41) is 5.39. The normalized spacial score (nSPS) is 18.7. The minimum absolute atomic E-state index is 0.219. The van der Waals surface area contributed by atoms with E-state index in [-0.39, 0.29) is 5.91 Å². The number of hydrogen-bond acceptors (Lipinski definition) is 4. The molecule has 1 fully saturated rings. The van der Waals surface area contributed by atoms with E-state index in [2.05, 4.69) is 21.2 Å². The molecule has 2 rings (SSSR count). The predicted octanol–water partition coefficient (Wildman–Crippen LogP) is 1.88. The van der Waals surface area contributed by atoms with E-state index in [0.717, 1.165) is 11.0 Å². The molecule has 1 amide bonds. The average molecular weight is 333 g/mol. The molecule has 1 aliphatic heterocycles. The first kappa shape index (κ1) is 14.0. The van der Waals surface area contributed by atoms with Gasteiger partial charge in [-0.3, -0.25) is 4.79 Å². The van der Waals surface area contributed by atoms with E-state index in [1.54, 1.807) is 11.3 Å². The molecule has 100 valence electrons. The van der Waals surface area contributed by atoms with Crippen LogP contribution in [0.15, 0.2) is 15.9 Å². The molecule has 0 saturated carbocycles. The monoisotopic (exact) mass is 332 g/mol. The second-order valence-corrected chi connectivity index (χ2v) is 6.41. The van der Waals surface area contributed by atoms with Crippen molar-refractivity contribution in [2.45, 2.75) is 19.4 Å². The Hall–Kier alpha value is -0.430. The third kappa shape index (κ3) is 3.12. The second-order valence-electron chi connectivity index (χ2n) is 4.55. The number of carbonyl (C=O) groups excluding carboxylic acids is 1. The van der Waals surface area contributed by atoms with Gasteiger partial charge in [0.25, 0.3) is 0 Å². The van der Waals surface area contributed by atoms with Crippen molar-refractivity contribution in [2.24, 2.45) is 11.1 Å². The highest BCUT2D eigenvalue weighted by Gasteiger charge is 2.37. The summed E-state index contributed by atoms with van der Waals surface area (Å²) >= 11 is 5.19. The smallest absolute Gasteiger partial charge is 0.225 e. The molecular formula is C12H17BrN2O2S. The van der Waals surface area contributed by atoms with Gasteiger partial charge < -0.3 is 15.8 Å². The Kier molecular flexibility index (Phi) is 4.77. The van der Waals surface area contributed by atoms with Gasteiger partial charge in [0, 0.05) is 35.7 Å². The third-order valence-electron chi connectivity index (χ3n) is 3.41. The molecule has 0 radical (unpaired) electrons. The van der Waals surface area contributed by atoms with E-state index >= 15 is 0 Å². The Bertz CT molecular complexity index is 416. The molecule has 3 N–H and O–H groups in total. The molecule has 1 aromatic rings. The molecule has 1 aromatic heterocycles. The van der Waals surface area contributed by atoms with E-state index in [0.29, 0.717) is 32.6 Å². The third-order valence-corrected chi connectivity index (χ3v) is 5.34. The van der Waals surface area contributed by atoms with Crippen LogP contribution in [0.2, 0.25) is 0 Å². The maximum atomic E-state index is 11.7. The first-order valence-corrected chi connectivity index (χ1v) is 7.61. The Morgan fingerprint density at radius 2 is 2.28 bits per heavy atom. The Balaban J connectivity index is 1.90. The van der Waals surface area contributed by atoms with Crippen LogP contribution in [0, 0.1) is 5.41 Å². The van der Waals surface area contributed by atoms with Gasteiger partial charge in [0.15, 0.2) is 0 Å². The van der Waals surface area contributed by atoms with Crippen LogP contribution in [-0.2, 0) is 16.1 Å². The fourth-order valence-corrected chi connectivity index (χ4v) is 3.60. The molecule has 2 heterocycles. The van der Waals surface area contributed by atoms with Crippen LogP contribution in [0.3, 0.4) is 0 Å².